The molecule has 0 spiro atoms. The van der Waals surface area contributed by atoms with Gasteiger partial charge in [0.25, 0.3) is 0 Å². The summed E-state index contributed by atoms with van der Waals surface area (Å²) < 4.78 is 0. The van der Waals surface area contributed by atoms with E-state index in [1.54, 1.807) is 0 Å². The zero-order valence-electron chi connectivity index (χ0n) is 6.65. The Kier molecular flexibility index (Phi) is 2.63. The van der Waals surface area contributed by atoms with Crippen molar-refractivity contribution >= 4 is 5.71 Å². The Morgan fingerprint density at radius 1 is 1.60 bits per heavy atom. The largest absolute Gasteiger partial charge is 0.312 e. The molecule has 10 heavy (non-hydrogen) atoms. The molecule has 0 amide bonds. The molecular weight excluding hydrogens is 124 g/mol. The molecule has 2 nitrogen and oxygen atoms in total. The number of nitrogens with zero attached hydrogens (tertiary/aromatic N) is 1. The molecule has 0 bridgehead atoms. The van der Waals surface area contributed by atoms with Gasteiger partial charge in [0.05, 0.1) is 0 Å². The zero-order valence-corrected chi connectivity index (χ0v) is 6.65. The van der Waals surface area contributed by atoms with Crippen LogP contribution in [0.2, 0.25) is 0 Å². The summed E-state index contributed by atoms with van der Waals surface area (Å²) in [7, 11) is 1.87. The Bertz CT molecular complexity index is 148. The average molecular weight is 138 g/mol. The summed E-state index contributed by atoms with van der Waals surface area (Å²) in [6, 6.07) is 0. The van der Waals surface area contributed by atoms with Crippen molar-refractivity contribution in [3.63, 3.8) is 0 Å². The van der Waals surface area contributed by atoms with Gasteiger partial charge in [-0.15, -0.1) is 0 Å². The van der Waals surface area contributed by atoms with E-state index in [1.165, 1.54) is 11.3 Å². The zero-order chi connectivity index (χ0) is 7.40. The highest BCUT2D eigenvalue weighted by atomic mass is 14.9. The fraction of sp³-hybridized carbons (Fsp3) is 0.625. The molecule has 0 aliphatic carbocycles. The van der Waals surface area contributed by atoms with E-state index in [2.05, 4.69) is 23.3 Å². The summed E-state index contributed by atoms with van der Waals surface area (Å²) in [5.74, 6) is 0. The Hall–Kier alpha value is -0.630. The lowest BCUT2D eigenvalue weighted by Crippen LogP contribution is -2.30. The summed E-state index contributed by atoms with van der Waals surface area (Å²) in [6.45, 7) is 4.13. The Labute approximate surface area is 62.0 Å². The summed E-state index contributed by atoms with van der Waals surface area (Å²) in [4.78, 5) is 4.21. The Balaban J connectivity index is 2.69. The Morgan fingerprint density at radius 3 is 2.90 bits per heavy atom. The molecule has 0 radical (unpaired) electrons. The number of rotatable bonds is 0. The van der Waals surface area contributed by atoms with Gasteiger partial charge in [-0.05, 0) is 12.5 Å². The van der Waals surface area contributed by atoms with Gasteiger partial charge in [0, 0.05) is 32.3 Å². The number of aliphatic imine (C=N–C) groups is 1. The molecule has 0 atom stereocenters. The molecule has 1 heterocycles. The van der Waals surface area contributed by atoms with Crippen LogP contribution in [-0.2, 0) is 0 Å². The highest BCUT2D eigenvalue weighted by molar-refractivity contribution is 6.01. The lowest BCUT2D eigenvalue weighted by molar-refractivity contribution is 0.729. The maximum atomic E-state index is 4.21. The van der Waals surface area contributed by atoms with Crippen LogP contribution in [0.15, 0.2) is 16.6 Å². The quantitative estimate of drug-likeness (QED) is 0.530. The van der Waals surface area contributed by atoms with Crippen molar-refractivity contribution in [3.05, 3.63) is 11.6 Å². The van der Waals surface area contributed by atoms with E-state index in [1.807, 2.05) is 7.05 Å². The van der Waals surface area contributed by atoms with E-state index < -0.39 is 0 Å². The molecule has 1 fully saturated rings. The highest BCUT2D eigenvalue weighted by Crippen LogP contribution is 2.05. The van der Waals surface area contributed by atoms with Crippen LogP contribution in [0.5, 0.6) is 0 Å². The van der Waals surface area contributed by atoms with Gasteiger partial charge in [0.1, 0.15) is 0 Å². The highest BCUT2D eigenvalue weighted by Gasteiger charge is 2.09. The first-order valence-electron chi connectivity index (χ1n) is 3.70. The minimum atomic E-state index is 0.989. The topological polar surface area (TPSA) is 24.4 Å². The number of piperidine rings is 1. The third-order valence-electron chi connectivity index (χ3n) is 1.84. The third kappa shape index (κ3) is 1.45. The van der Waals surface area contributed by atoms with Crippen LogP contribution in [-0.4, -0.2) is 25.8 Å². The van der Waals surface area contributed by atoms with E-state index in [0.29, 0.717) is 0 Å². The predicted molar refractivity (Wildman–Crippen MR) is 44.6 cm³/mol. The molecule has 1 aliphatic heterocycles. The molecule has 1 rings (SSSR count). The van der Waals surface area contributed by atoms with Gasteiger partial charge < -0.3 is 5.32 Å². The lowest BCUT2D eigenvalue weighted by Gasteiger charge is -2.17. The predicted octanol–water partition coefficient (Wildman–Crippen LogP) is 0.997. The van der Waals surface area contributed by atoms with Gasteiger partial charge >= 0.3 is 0 Å². The second kappa shape index (κ2) is 3.52. The van der Waals surface area contributed by atoms with Crippen LogP contribution in [0, 0.1) is 0 Å². The standard InChI is InChI=1S/C8H14N2/c1-3-7-6-10-5-4-8(7)9-2/h3,10H,4-6H2,1-2H3/b7-3-,9-8-. The smallest absolute Gasteiger partial charge is 0.0399 e. The van der Waals surface area contributed by atoms with E-state index >= 15 is 0 Å². The summed E-state index contributed by atoms with van der Waals surface area (Å²) in [5.41, 5.74) is 2.62. The molecule has 1 N–H and O–H groups in total. The maximum absolute atomic E-state index is 4.21. The monoisotopic (exact) mass is 138 g/mol. The molecule has 0 aromatic rings. The first kappa shape index (κ1) is 7.48. The van der Waals surface area contributed by atoms with Crippen LogP contribution >= 0.6 is 0 Å². The number of hydrogen-bond donors (Lipinski definition) is 1. The van der Waals surface area contributed by atoms with Crippen molar-refractivity contribution in [3.8, 4) is 0 Å². The molecule has 1 saturated heterocycles. The summed E-state index contributed by atoms with van der Waals surface area (Å²) in [6.07, 6.45) is 3.21. The van der Waals surface area contributed by atoms with E-state index in [9.17, 15) is 0 Å². The number of allylic oxidation sites excluding steroid dienone is 1. The second-order valence-electron chi connectivity index (χ2n) is 2.41. The van der Waals surface area contributed by atoms with Gasteiger partial charge in [-0.2, -0.15) is 0 Å². The van der Waals surface area contributed by atoms with Gasteiger partial charge in [-0.25, -0.2) is 0 Å². The third-order valence-corrected chi connectivity index (χ3v) is 1.84. The minimum Gasteiger partial charge on any atom is -0.312 e. The van der Waals surface area contributed by atoms with Crippen molar-refractivity contribution in [2.75, 3.05) is 20.1 Å². The summed E-state index contributed by atoms with van der Waals surface area (Å²) >= 11 is 0. The molecule has 1 aliphatic rings. The van der Waals surface area contributed by atoms with Crippen LogP contribution in [0.25, 0.3) is 0 Å². The minimum absolute atomic E-state index is 0.989. The van der Waals surface area contributed by atoms with Crippen molar-refractivity contribution in [1.82, 2.24) is 5.32 Å². The maximum Gasteiger partial charge on any atom is 0.0399 e. The number of hydrogen-bond acceptors (Lipinski definition) is 2. The second-order valence-corrected chi connectivity index (χ2v) is 2.41. The van der Waals surface area contributed by atoms with Gasteiger partial charge in [-0.3, -0.25) is 4.99 Å². The fourth-order valence-electron chi connectivity index (χ4n) is 1.22. The fourth-order valence-corrected chi connectivity index (χ4v) is 1.22. The normalized spacial score (nSPS) is 27.8. The van der Waals surface area contributed by atoms with Crippen molar-refractivity contribution in [1.29, 1.82) is 0 Å². The van der Waals surface area contributed by atoms with E-state index in [0.717, 1.165) is 19.5 Å². The summed E-state index contributed by atoms with van der Waals surface area (Å²) in [5, 5.41) is 3.30. The lowest BCUT2D eigenvalue weighted by atomic mass is 10.0. The molecule has 0 saturated carbocycles. The molecular formula is C8H14N2. The van der Waals surface area contributed by atoms with Gasteiger partial charge in [0.15, 0.2) is 0 Å². The van der Waals surface area contributed by atoms with Gasteiger partial charge in [-0.1, -0.05) is 6.08 Å². The molecule has 56 valence electrons. The first-order valence-corrected chi connectivity index (χ1v) is 3.70. The van der Waals surface area contributed by atoms with Crippen LogP contribution in [0.1, 0.15) is 13.3 Å². The molecule has 2 heteroatoms. The molecule has 0 aromatic carbocycles. The van der Waals surface area contributed by atoms with Crippen molar-refractivity contribution < 1.29 is 0 Å². The average Bonchev–Trinajstić information content (AvgIpc) is 2.04. The van der Waals surface area contributed by atoms with Gasteiger partial charge in [0.2, 0.25) is 0 Å². The Morgan fingerprint density at radius 2 is 2.40 bits per heavy atom. The van der Waals surface area contributed by atoms with Crippen LogP contribution in [0.4, 0.5) is 0 Å². The first-order chi connectivity index (χ1) is 4.88. The van der Waals surface area contributed by atoms with Crippen LogP contribution in [0.3, 0.4) is 0 Å². The van der Waals surface area contributed by atoms with Crippen molar-refractivity contribution in [2.45, 2.75) is 13.3 Å². The van der Waals surface area contributed by atoms with Crippen LogP contribution < -0.4 is 5.32 Å². The molecule has 0 unspecified atom stereocenters. The van der Waals surface area contributed by atoms with E-state index in [-0.39, 0.29) is 0 Å². The number of nitrogens with one attached hydrogen (secondary N) is 1. The SMILES string of the molecule is C/C=C1/CNCC/C1=N/C. The van der Waals surface area contributed by atoms with E-state index in [4.69, 9.17) is 0 Å². The van der Waals surface area contributed by atoms with Crippen molar-refractivity contribution in [2.24, 2.45) is 4.99 Å². The molecule has 0 aromatic heterocycles.